The van der Waals surface area contributed by atoms with E-state index < -0.39 is 0 Å². The van der Waals surface area contributed by atoms with Crippen LogP contribution in [0.5, 0.6) is 0 Å². The van der Waals surface area contributed by atoms with Crippen molar-refractivity contribution in [3.05, 3.63) is 53.6 Å². The lowest BCUT2D eigenvalue weighted by Crippen LogP contribution is -2.36. The molecule has 1 aliphatic heterocycles. The van der Waals surface area contributed by atoms with Gasteiger partial charge < -0.3 is 20.8 Å². The van der Waals surface area contributed by atoms with Crippen molar-refractivity contribution < 1.29 is 4.74 Å². The Morgan fingerprint density at radius 3 is 2.71 bits per heavy atom. The molecule has 0 spiro atoms. The lowest BCUT2D eigenvalue weighted by molar-refractivity contribution is 0.122. The van der Waals surface area contributed by atoms with Gasteiger partial charge in [-0.3, -0.25) is 4.98 Å². The highest BCUT2D eigenvalue weighted by Crippen LogP contribution is 2.34. The van der Waals surface area contributed by atoms with Crippen LogP contribution in [0.25, 0.3) is 27.7 Å². The third-order valence-corrected chi connectivity index (χ3v) is 4.83. The van der Waals surface area contributed by atoms with Crippen LogP contribution in [-0.2, 0) is 4.74 Å². The van der Waals surface area contributed by atoms with Crippen molar-refractivity contribution in [2.24, 2.45) is 5.73 Å². The van der Waals surface area contributed by atoms with Gasteiger partial charge in [-0.25, -0.2) is 9.97 Å². The molecule has 4 heterocycles. The number of nitrogens with one attached hydrogen (secondary N) is 1. The Labute approximate surface area is 167 Å². The first-order valence-electron chi connectivity index (χ1n) is 8.88. The van der Waals surface area contributed by atoms with Gasteiger partial charge >= 0.3 is 0 Å². The molecule has 28 heavy (non-hydrogen) atoms. The number of nitrogens with zero attached hydrogens (tertiary/aromatic N) is 4. The lowest BCUT2D eigenvalue weighted by Gasteiger charge is -2.28. The summed E-state index contributed by atoms with van der Waals surface area (Å²) >= 11 is 6.14. The number of hydrogen-bond acceptors (Lipinski definition) is 7. The largest absolute Gasteiger partial charge is 0.397 e. The Morgan fingerprint density at radius 1 is 1.18 bits per heavy atom. The SMILES string of the molecule is N=C/C=C(\N)c1nccc2c(-c3ccnc(Cl)c3)cc(N3CCOCC3)nc12. The van der Waals surface area contributed by atoms with Crippen molar-refractivity contribution in [2.75, 3.05) is 31.2 Å². The highest BCUT2D eigenvalue weighted by Gasteiger charge is 2.18. The summed E-state index contributed by atoms with van der Waals surface area (Å²) in [6.07, 6.45) is 6.04. The quantitative estimate of drug-likeness (QED) is 0.520. The predicted octanol–water partition coefficient (Wildman–Crippen LogP) is 3.13. The number of aromatic nitrogens is 3. The summed E-state index contributed by atoms with van der Waals surface area (Å²) in [5.74, 6) is 0.829. The number of hydrogen-bond donors (Lipinski definition) is 2. The first-order valence-corrected chi connectivity index (χ1v) is 9.26. The smallest absolute Gasteiger partial charge is 0.130 e. The molecule has 1 fully saturated rings. The molecule has 142 valence electrons. The fraction of sp³-hybridized carbons (Fsp3) is 0.200. The number of fused-ring (bicyclic) bond motifs is 1. The number of nitrogens with two attached hydrogens (primary N) is 1. The fourth-order valence-corrected chi connectivity index (χ4v) is 3.46. The summed E-state index contributed by atoms with van der Waals surface area (Å²) in [4.78, 5) is 15.6. The summed E-state index contributed by atoms with van der Waals surface area (Å²) in [7, 11) is 0. The van der Waals surface area contributed by atoms with E-state index >= 15 is 0 Å². The van der Waals surface area contributed by atoms with Gasteiger partial charge in [0.2, 0.25) is 0 Å². The van der Waals surface area contributed by atoms with E-state index in [0.29, 0.717) is 35.3 Å². The third-order valence-electron chi connectivity index (χ3n) is 4.62. The molecule has 4 rings (SSSR count). The molecule has 0 amide bonds. The maximum atomic E-state index is 7.32. The van der Waals surface area contributed by atoms with Crippen molar-refractivity contribution in [3.63, 3.8) is 0 Å². The lowest BCUT2D eigenvalue weighted by atomic mass is 10.0. The van der Waals surface area contributed by atoms with Crippen molar-refractivity contribution in [2.45, 2.75) is 0 Å². The van der Waals surface area contributed by atoms with Gasteiger partial charge in [-0.15, -0.1) is 0 Å². The normalized spacial score (nSPS) is 15.0. The zero-order chi connectivity index (χ0) is 19.5. The number of anilines is 1. The van der Waals surface area contributed by atoms with Crippen molar-refractivity contribution in [3.8, 4) is 11.1 Å². The number of rotatable bonds is 4. The number of allylic oxidation sites excluding steroid dienone is 1. The minimum Gasteiger partial charge on any atom is -0.397 e. The van der Waals surface area contributed by atoms with Gasteiger partial charge in [0.15, 0.2) is 0 Å². The molecule has 7 nitrogen and oxygen atoms in total. The van der Waals surface area contributed by atoms with Crippen LogP contribution in [0.2, 0.25) is 5.15 Å². The van der Waals surface area contributed by atoms with Crippen LogP contribution in [0.4, 0.5) is 5.82 Å². The maximum Gasteiger partial charge on any atom is 0.130 e. The van der Waals surface area contributed by atoms with E-state index in [1.807, 2.05) is 18.2 Å². The van der Waals surface area contributed by atoms with Crippen LogP contribution in [0, 0.1) is 5.41 Å². The minimum absolute atomic E-state index is 0.394. The summed E-state index contributed by atoms with van der Waals surface area (Å²) in [5.41, 5.74) is 9.70. The average molecular weight is 395 g/mol. The van der Waals surface area contributed by atoms with Gasteiger partial charge in [0, 0.05) is 37.1 Å². The van der Waals surface area contributed by atoms with E-state index in [1.165, 1.54) is 6.08 Å². The highest BCUT2D eigenvalue weighted by atomic mass is 35.5. The van der Waals surface area contributed by atoms with E-state index in [-0.39, 0.29) is 0 Å². The molecule has 3 aromatic rings. The first kappa shape index (κ1) is 18.3. The summed E-state index contributed by atoms with van der Waals surface area (Å²) in [6.45, 7) is 2.84. The van der Waals surface area contributed by atoms with Crippen LogP contribution in [-0.4, -0.2) is 47.5 Å². The Kier molecular flexibility index (Phi) is 5.18. The van der Waals surface area contributed by atoms with Gasteiger partial charge in [0.05, 0.1) is 18.9 Å². The second-order valence-electron chi connectivity index (χ2n) is 6.34. The molecule has 3 N–H and O–H groups in total. The van der Waals surface area contributed by atoms with Gasteiger partial charge in [-0.05, 0) is 41.5 Å². The molecular weight excluding hydrogens is 376 g/mol. The zero-order valence-electron chi connectivity index (χ0n) is 15.1. The van der Waals surface area contributed by atoms with E-state index in [1.54, 1.807) is 12.4 Å². The van der Waals surface area contributed by atoms with Crippen LogP contribution in [0.1, 0.15) is 5.69 Å². The molecule has 1 saturated heterocycles. The minimum atomic E-state index is 0.394. The van der Waals surface area contributed by atoms with Gasteiger partial charge in [-0.2, -0.15) is 0 Å². The van der Waals surface area contributed by atoms with Crippen molar-refractivity contribution in [1.29, 1.82) is 5.41 Å². The number of ether oxygens (including phenoxy) is 1. The number of morpholine rings is 1. The van der Waals surface area contributed by atoms with E-state index in [9.17, 15) is 0 Å². The number of pyridine rings is 3. The number of halogens is 1. The van der Waals surface area contributed by atoms with Crippen molar-refractivity contribution >= 4 is 40.2 Å². The Balaban J connectivity index is 1.99. The average Bonchev–Trinajstić information content (AvgIpc) is 2.73. The molecule has 1 aliphatic rings. The third kappa shape index (κ3) is 3.54. The Bertz CT molecular complexity index is 1060. The van der Waals surface area contributed by atoms with E-state index in [4.69, 9.17) is 32.5 Å². The Morgan fingerprint density at radius 2 is 1.96 bits per heavy atom. The molecule has 8 heteroatoms. The van der Waals surface area contributed by atoms with Crippen LogP contribution < -0.4 is 10.6 Å². The molecule has 0 atom stereocenters. The molecule has 0 bridgehead atoms. The second kappa shape index (κ2) is 7.92. The summed E-state index contributed by atoms with van der Waals surface area (Å²) in [6, 6.07) is 7.72. The van der Waals surface area contributed by atoms with E-state index in [0.717, 1.165) is 41.6 Å². The van der Waals surface area contributed by atoms with Gasteiger partial charge in [0.25, 0.3) is 0 Å². The molecule has 0 aliphatic carbocycles. The van der Waals surface area contributed by atoms with E-state index in [2.05, 4.69) is 20.9 Å². The molecular formula is C20H19ClN6O. The first-order chi connectivity index (χ1) is 13.7. The van der Waals surface area contributed by atoms with Crippen LogP contribution in [0.15, 0.2) is 42.7 Å². The zero-order valence-corrected chi connectivity index (χ0v) is 15.9. The van der Waals surface area contributed by atoms with Crippen molar-refractivity contribution in [1.82, 2.24) is 15.0 Å². The standard InChI is InChI=1S/C20H19ClN6O/c21-17-11-13(2-5-24-17)15-12-18(27-7-9-28-10-8-27)26-19-14(15)3-6-25-20(19)16(23)1-4-22/h1-6,11-12,22H,7-10,23H2/b16-1-,22-4?. The van der Waals surface area contributed by atoms with Crippen LogP contribution >= 0.6 is 11.6 Å². The van der Waals surface area contributed by atoms with Gasteiger partial charge in [0.1, 0.15) is 22.2 Å². The second-order valence-corrected chi connectivity index (χ2v) is 6.73. The summed E-state index contributed by atoms with van der Waals surface area (Å²) in [5, 5.41) is 8.65. The Hall–Kier alpha value is -3.03. The topological polar surface area (TPSA) is 101 Å². The molecule has 0 unspecified atom stereocenters. The maximum absolute atomic E-state index is 7.32. The van der Waals surface area contributed by atoms with Gasteiger partial charge in [-0.1, -0.05) is 11.6 Å². The molecule has 3 aromatic heterocycles. The molecule has 0 saturated carbocycles. The summed E-state index contributed by atoms with van der Waals surface area (Å²) < 4.78 is 5.47. The van der Waals surface area contributed by atoms with Crippen LogP contribution in [0.3, 0.4) is 0 Å². The monoisotopic (exact) mass is 394 g/mol. The fourth-order valence-electron chi connectivity index (χ4n) is 3.28. The molecule has 0 radical (unpaired) electrons. The predicted molar refractivity (Wildman–Crippen MR) is 112 cm³/mol. The molecule has 0 aromatic carbocycles. The highest BCUT2D eigenvalue weighted by molar-refractivity contribution is 6.29.